The van der Waals surface area contributed by atoms with Crippen LogP contribution in [0.4, 0.5) is 0 Å². The molecule has 160 valence electrons. The Labute approximate surface area is 175 Å². The summed E-state index contributed by atoms with van der Waals surface area (Å²) in [5.74, 6) is 0.282. The molecule has 0 radical (unpaired) electrons. The van der Waals surface area contributed by atoms with Gasteiger partial charge in [0.05, 0.1) is 0 Å². The molecule has 0 saturated heterocycles. The molecule has 0 bridgehead atoms. The summed E-state index contributed by atoms with van der Waals surface area (Å²) in [5, 5.41) is 5.50. The average molecular weight is 413 g/mol. The second-order valence-electron chi connectivity index (χ2n) is 7.44. The Balaban J connectivity index is 1.80. The van der Waals surface area contributed by atoms with Crippen LogP contribution in [0.1, 0.15) is 65.9 Å². The molecule has 2 aromatic rings. The third-order valence-electron chi connectivity index (χ3n) is 4.84. The van der Waals surface area contributed by atoms with E-state index in [0.29, 0.717) is 18.0 Å². The molecule has 0 atom stereocenters. The highest BCUT2D eigenvalue weighted by molar-refractivity contribution is 5.99. The summed E-state index contributed by atoms with van der Waals surface area (Å²) in [6.45, 7) is 6.71. The molecule has 8 heteroatoms. The van der Waals surface area contributed by atoms with Crippen molar-refractivity contribution in [2.75, 3.05) is 13.3 Å². The minimum atomic E-state index is -0.580. The van der Waals surface area contributed by atoms with Gasteiger partial charge in [0.1, 0.15) is 11.1 Å². The van der Waals surface area contributed by atoms with Crippen molar-refractivity contribution in [3.05, 3.63) is 57.5 Å². The molecule has 0 unspecified atom stereocenters. The van der Waals surface area contributed by atoms with Gasteiger partial charge in [-0.05, 0) is 38.0 Å². The average Bonchev–Trinajstić information content (AvgIpc) is 3.20. The molecule has 0 fully saturated rings. The zero-order valence-corrected chi connectivity index (χ0v) is 17.5. The van der Waals surface area contributed by atoms with Crippen LogP contribution in [0.2, 0.25) is 0 Å². The van der Waals surface area contributed by atoms with Crippen molar-refractivity contribution >= 4 is 11.8 Å². The lowest BCUT2D eigenvalue weighted by molar-refractivity contribution is 0.0948. The quantitative estimate of drug-likeness (QED) is 0.648. The predicted octanol–water partition coefficient (Wildman–Crippen LogP) is 2.62. The molecule has 8 nitrogen and oxygen atoms in total. The fraction of sp³-hybridized carbons (Fsp3) is 0.409. The minimum absolute atomic E-state index is 0.0202. The van der Waals surface area contributed by atoms with Crippen LogP contribution in [0.5, 0.6) is 11.5 Å². The van der Waals surface area contributed by atoms with Gasteiger partial charge in [-0.25, -0.2) is 0 Å². The van der Waals surface area contributed by atoms with E-state index < -0.39 is 17.2 Å². The number of ether oxygens (including phenoxy) is 2. The van der Waals surface area contributed by atoms with Crippen LogP contribution >= 0.6 is 0 Å². The maximum absolute atomic E-state index is 12.9. The minimum Gasteiger partial charge on any atom is -0.454 e. The fourth-order valence-corrected chi connectivity index (χ4v) is 3.02. The normalized spacial score (nSPS) is 12.1. The SMILES string of the molecule is CCCCNC(=O)c1cn(C(C)C)cc(C(=O)NCc2ccc3c(c2)OCO3)c1=O. The fourth-order valence-electron chi connectivity index (χ4n) is 3.02. The Bertz CT molecular complexity index is 997. The molecular formula is C22H27N3O5. The monoisotopic (exact) mass is 413 g/mol. The van der Waals surface area contributed by atoms with E-state index in [-0.39, 0.29) is 30.5 Å². The Morgan fingerprint density at radius 1 is 1.07 bits per heavy atom. The summed E-state index contributed by atoms with van der Waals surface area (Å²) in [4.78, 5) is 38.1. The second-order valence-corrected chi connectivity index (χ2v) is 7.44. The number of pyridine rings is 1. The number of nitrogens with one attached hydrogen (secondary N) is 2. The Morgan fingerprint density at radius 3 is 2.40 bits per heavy atom. The van der Waals surface area contributed by atoms with Crippen LogP contribution < -0.4 is 25.5 Å². The number of hydrogen-bond donors (Lipinski definition) is 2. The van der Waals surface area contributed by atoms with E-state index in [1.807, 2.05) is 26.8 Å². The summed E-state index contributed by atoms with van der Waals surface area (Å²) in [5.41, 5.74) is 0.137. The Kier molecular flexibility index (Phi) is 6.76. The van der Waals surface area contributed by atoms with E-state index in [1.165, 1.54) is 12.4 Å². The van der Waals surface area contributed by atoms with Gasteiger partial charge in [0.25, 0.3) is 11.8 Å². The summed E-state index contributed by atoms with van der Waals surface area (Å²) in [6.07, 6.45) is 4.74. The lowest BCUT2D eigenvalue weighted by Gasteiger charge is -2.15. The third kappa shape index (κ3) is 4.82. The first-order valence-corrected chi connectivity index (χ1v) is 10.1. The van der Waals surface area contributed by atoms with Crippen molar-refractivity contribution < 1.29 is 19.1 Å². The van der Waals surface area contributed by atoms with Crippen LogP contribution in [0, 0.1) is 0 Å². The maximum Gasteiger partial charge on any atom is 0.257 e. The number of hydrogen-bond acceptors (Lipinski definition) is 5. The van der Waals surface area contributed by atoms with Crippen LogP contribution in [0.25, 0.3) is 0 Å². The Hall–Kier alpha value is -3.29. The van der Waals surface area contributed by atoms with Crippen molar-refractivity contribution in [2.24, 2.45) is 0 Å². The molecule has 1 aliphatic rings. The van der Waals surface area contributed by atoms with Crippen molar-refractivity contribution in [2.45, 2.75) is 46.2 Å². The van der Waals surface area contributed by atoms with Gasteiger partial charge in [-0.2, -0.15) is 0 Å². The number of nitrogens with zero attached hydrogens (tertiary/aromatic N) is 1. The van der Waals surface area contributed by atoms with Gasteiger partial charge in [0.15, 0.2) is 11.5 Å². The zero-order valence-electron chi connectivity index (χ0n) is 17.5. The van der Waals surface area contributed by atoms with E-state index in [2.05, 4.69) is 10.6 Å². The number of amides is 2. The Morgan fingerprint density at radius 2 is 1.73 bits per heavy atom. The molecule has 0 aliphatic carbocycles. The van der Waals surface area contributed by atoms with Crippen LogP contribution in [0.15, 0.2) is 35.4 Å². The zero-order chi connectivity index (χ0) is 21.7. The standard InChI is InChI=1S/C22H27N3O5/c1-4-5-8-23-21(27)16-11-25(14(2)3)12-17(20(16)26)22(28)24-10-15-6-7-18-19(9-15)30-13-29-18/h6-7,9,11-12,14H,4-5,8,10,13H2,1-3H3,(H,23,27)(H,24,28). The molecule has 0 spiro atoms. The van der Waals surface area contributed by atoms with Gasteiger partial charge in [0.2, 0.25) is 12.2 Å². The highest BCUT2D eigenvalue weighted by Crippen LogP contribution is 2.32. The first kappa shape index (κ1) is 21.4. The first-order valence-electron chi connectivity index (χ1n) is 10.1. The van der Waals surface area contributed by atoms with Crippen LogP contribution in [-0.2, 0) is 6.54 Å². The molecule has 0 saturated carbocycles. The highest BCUT2D eigenvalue weighted by Gasteiger charge is 2.20. The molecule has 1 aliphatic heterocycles. The lowest BCUT2D eigenvalue weighted by atomic mass is 10.1. The van der Waals surface area contributed by atoms with Crippen molar-refractivity contribution in [3.63, 3.8) is 0 Å². The van der Waals surface area contributed by atoms with Gasteiger partial charge in [-0.1, -0.05) is 19.4 Å². The van der Waals surface area contributed by atoms with Gasteiger partial charge in [0, 0.05) is 31.5 Å². The molecule has 30 heavy (non-hydrogen) atoms. The van der Waals surface area contributed by atoms with Crippen molar-refractivity contribution in [1.82, 2.24) is 15.2 Å². The van der Waals surface area contributed by atoms with E-state index in [0.717, 1.165) is 18.4 Å². The molecule has 1 aromatic heterocycles. The van der Waals surface area contributed by atoms with E-state index in [1.54, 1.807) is 16.7 Å². The third-order valence-corrected chi connectivity index (χ3v) is 4.84. The number of benzene rings is 1. The van der Waals surface area contributed by atoms with E-state index in [9.17, 15) is 14.4 Å². The van der Waals surface area contributed by atoms with Gasteiger partial charge in [-0.15, -0.1) is 0 Å². The highest BCUT2D eigenvalue weighted by atomic mass is 16.7. The first-order chi connectivity index (χ1) is 14.4. The number of carbonyl (C=O) groups excluding carboxylic acids is 2. The largest absolute Gasteiger partial charge is 0.454 e. The predicted molar refractivity (Wildman–Crippen MR) is 112 cm³/mol. The second kappa shape index (κ2) is 9.47. The molecule has 1 aromatic carbocycles. The summed E-state index contributed by atoms with van der Waals surface area (Å²) in [7, 11) is 0. The van der Waals surface area contributed by atoms with Crippen molar-refractivity contribution in [3.8, 4) is 11.5 Å². The molecule has 3 rings (SSSR count). The number of aromatic nitrogens is 1. The van der Waals surface area contributed by atoms with E-state index >= 15 is 0 Å². The maximum atomic E-state index is 12.9. The summed E-state index contributed by atoms with van der Waals surface area (Å²) in [6, 6.07) is 5.36. The summed E-state index contributed by atoms with van der Waals surface area (Å²) < 4.78 is 12.3. The number of carbonyl (C=O) groups is 2. The van der Waals surface area contributed by atoms with Gasteiger partial charge >= 0.3 is 0 Å². The molecular weight excluding hydrogens is 386 g/mol. The van der Waals surface area contributed by atoms with Gasteiger partial charge < -0.3 is 24.7 Å². The van der Waals surface area contributed by atoms with E-state index in [4.69, 9.17) is 9.47 Å². The lowest BCUT2D eigenvalue weighted by Crippen LogP contribution is -2.35. The number of rotatable bonds is 8. The number of fused-ring (bicyclic) bond motifs is 1. The molecule has 2 N–H and O–H groups in total. The topological polar surface area (TPSA) is 98.7 Å². The molecule has 2 heterocycles. The van der Waals surface area contributed by atoms with Crippen molar-refractivity contribution in [1.29, 1.82) is 0 Å². The van der Waals surface area contributed by atoms with Crippen LogP contribution in [-0.4, -0.2) is 29.7 Å². The van der Waals surface area contributed by atoms with Crippen LogP contribution in [0.3, 0.4) is 0 Å². The van der Waals surface area contributed by atoms with Gasteiger partial charge in [-0.3, -0.25) is 14.4 Å². The summed E-state index contributed by atoms with van der Waals surface area (Å²) >= 11 is 0. The number of unbranched alkanes of at least 4 members (excludes halogenated alkanes) is 1. The molecule has 2 amide bonds. The smallest absolute Gasteiger partial charge is 0.257 e.